The Kier molecular flexibility index (Phi) is 6.83. The Morgan fingerprint density at radius 2 is 0.825 bits per heavy atom. The largest absolute Gasteiger partial charge is 0.456 e. The van der Waals surface area contributed by atoms with Gasteiger partial charge in [0.25, 0.3) is 0 Å². The van der Waals surface area contributed by atoms with Crippen molar-refractivity contribution in [1.82, 2.24) is 24.1 Å². The summed E-state index contributed by atoms with van der Waals surface area (Å²) in [5, 5.41) is 6.95. The van der Waals surface area contributed by atoms with E-state index in [0.29, 0.717) is 17.5 Å². The number of hydrogen-bond donors (Lipinski definition) is 0. The van der Waals surface area contributed by atoms with Gasteiger partial charge in [-0.05, 0) is 54.6 Å². The Hall–Kier alpha value is -7.83. The lowest BCUT2D eigenvalue weighted by atomic mass is 10.0. The number of nitrogens with zero attached hydrogens (tertiary/aromatic N) is 5. The van der Waals surface area contributed by atoms with Crippen molar-refractivity contribution in [2.75, 3.05) is 0 Å². The highest BCUT2D eigenvalue weighted by molar-refractivity contribution is 6.29. The Balaban J connectivity index is 1.17. The molecule has 0 aliphatic rings. The van der Waals surface area contributed by atoms with Crippen LogP contribution in [-0.4, -0.2) is 24.1 Å². The molecule has 6 nitrogen and oxygen atoms in total. The van der Waals surface area contributed by atoms with Crippen molar-refractivity contribution in [3.05, 3.63) is 188 Å². The lowest BCUT2D eigenvalue weighted by molar-refractivity contribution is 0.668. The highest BCUT2D eigenvalue weighted by Crippen LogP contribution is 2.44. The first-order valence-electron chi connectivity index (χ1n) is 19.1. The number of para-hydroxylation sites is 3. The minimum atomic E-state index is 0.611. The third-order valence-electron chi connectivity index (χ3n) is 11.2. The Morgan fingerprint density at radius 1 is 0.316 bits per heavy atom. The number of hydrogen-bond acceptors (Lipinski definition) is 4. The second-order valence-corrected chi connectivity index (χ2v) is 14.4. The number of aromatic nitrogens is 5. The third kappa shape index (κ3) is 4.87. The van der Waals surface area contributed by atoms with E-state index in [4.69, 9.17) is 19.4 Å². The first-order chi connectivity index (χ1) is 28.3. The molecule has 0 fully saturated rings. The first kappa shape index (κ1) is 31.5. The number of fused-ring (bicyclic) bond motifs is 10. The summed E-state index contributed by atoms with van der Waals surface area (Å²) in [5.74, 6) is 1.87. The zero-order valence-electron chi connectivity index (χ0n) is 30.5. The SMILES string of the molecule is c1ccc(-c2nc(-c3ccccc3)nc(-c3ccc4c5c6c7ccccc7n(-c7ccccc7)c6ccc5n(-c5ccc6c(c5)oc5ccccc56)c4c3)n2)cc1. The van der Waals surface area contributed by atoms with Gasteiger partial charge < -0.3 is 13.6 Å². The predicted octanol–water partition coefficient (Wildman–Crippen LogP) is 13.0. The molecular formula is C51H31N5O. The maximum Gasteiger partial charge on any atom is 0.164 e. The van der Waals surface area contributed by atoms with E-state index in [9.17, 15) is 0 Å². The first-order valence-corrected chi connectivity index (χ1v) is 19.1. The third-order valence-corrected chi connectivity index (χ3v) is 11.2. The van der Waals surface area contributed by atoms with Crippen LogP contribution in [0.2, 0.25) is 0 Å². The van der Waals surface area contributed by atoms with E-state index in [2.05, 4.69) is 124 Å². The Morgan fingerprint density at radius 3 is 1.51 bits per heavy atom. The van der Waals surface area contributed by atoms with E-state index in [-0.39, 0.29) is 0 Å². The maximum atomic E-state index is 6.46. The molecule has 0 aliphatic heterocycles. The van der Waals surface area contributed by atoms with Gasteiger partial charge in [-0.1, -0.05) is 127 Å². The van der Waals surface area contributed by atoms with Gasteiger partial charge in [0.1, 0.15) is 11.2 Å². The number of furan rings is 1. The van der Waals surface area contributed by atoms with Gasteiger partial charge in [0.2, 0.25) is 0 Å². The number of rotatable bonds is 5. The van der Waals surface area contributed by atoms with E-state index in [1.807, 2.05) is 72.8 Å². The summed E-state index contributed by atoms with van der Waals surface area (Å²) in [4.78, 5) is 15.2. The lowest BCUT2D eigenvalue weighted by Crippen LogP contribution is -2.00. The molecule has 0 spiro atoms. The Labute approximate surface area is 326 Å². The quantitative estimate of drug-likeness (QED) is 0.177. The molecule has 4 heterocycles. The van der Waals surface area contributed by atoms with E-state index < -0.39 is 0 Å². The van der Waals surface area contributed by atoms with Gasteiger partial charge in [-0.15, -0.1) is 0 Å². The molecule has 4 aromatic heterocycles. The van der Waals surface area contributed by atoms with Crippen molar-refractivity contribution < 1.29 is 4.42 Å². The topological polar surface area (TPSA) is 61.7 Å². The maximum absolute atomic E-state index is 6.46. The van der Waals surface area contributed by atoms with Crippen LogP contribution < -0.4 is 0 Å². The summed E-state index contributed by atoms with van der Waals surface area (Å²) in [5.41, 5.74) is 11.1. The van der Waals surface area contributed by atoms with E-state index in [0.717, 1.165) is 71.9 Å². The molecule has 6 heteroatoms. The van der Waals surface area contributed by atoms with Crippen molar-refractivity contribution >= 4 is 65.6 Å². The highest BCUT2D eigenvalue weighted by Gasteiger charge is 2.22. The van der Waals surface area contributed by atoms with Crippen LogP contribution in [0.15, 0.2) is 192 Å². The van der Waals surface area contributed by atoms with E-state index >= 15 is 0 Å². The molecule has 0 saturated carbocycles. The molecule has 57 heavy (non-hydrogen) atoms. The normalized spacial score (nSPS) is 11.9. The molecule has 0 aliphatic carbocycles. The van der Waals surface area contributed by atoms with Crippen molar-refractivity contribution in [1.29, 1.82) is 0 Å². The molecule has 12 aromatic rings. The van der Waals surface area contributed by atoms with Crippen LogP contribution in [0, 0.1) is 0 Å². The number of benzene rings is 8. The van der Waals surface area contributed by atoms with Gasteiger partial charge in [-0.2, -0.15) is 0 Å². The van der Waals surface area contributed by atoms with Gasteiger partial charge in [0.15, 0.2) is 17.5 Å². The summed E-state index contributed by atoms with van der Waals surface area (Å²) in [7, 11) is 0. The fourth-order valence-electron chi connectivity index (χ4n) is 8.63. The molecule has 0 unspecified atom stereocenters. The van der Waals surface area contributed by atoms with Gasteiger partial charge >= 0.3 is 0 Å². The summed E-state index contributed by atoms with van der Waals surface area (Å²) < 4.78 is 11.2. The molecule has 0 amide bonds. The van der Waals surface area contributed by atoms with E-state index in [1.54, 1.807) is 0 Å². The molecule has 0 saturated heterocycles. The van der Waals surface area contributed by atoms with Crippen molar-refractivity contribution in [2.45, 2.75) is 0 Å². The average Bonchev–Trinajstić information content (AvgIpc) is 3.94. The molecule has 0 bridgehead atoms. The minimum absolute atomic E-state index is 0.611. The monoisotopic (exact) mass is 729 g/mol. The summed E-state index contributed by atoms with van der Waals surface area (Å²) in [6.07, 6.45) is 0. The summed E-state index contributed by atoms with van der Waals surface area (Å²) in [6, 6.07) is 65.5. The summed E-state index contributed by atoms with van der Waals surface area (Å²) >= 11 is 0. The lowest BCUT2D eigenvalue weighted by Gasteiger charge is -2.11. The fourth-order valence-corrected chi connectivity index (χ4v) is 8.63. The summed E-state index contributed by atoms with van der Waals surface area (Å²) in [6.45, 7) is 0. The fraction of sp³-hybridized carbons (Fsp3) is 0. The van der Waals surface area contributed by atoms with Crippen molar-refractivity contribution in [3.8, 4) is 45.5 Å². The molecule has 8 aromatic carbocycles. The van der Waals surface area contributed by atoms with Crippen molar-refractivity contribution in [2.24, 2.45) is 0 Å². The van der Waals surface area contributed by atoms with Gasteiger partial charge in [0.05, 0.1) is 22.1 Å². The molecule has 0 N–H and O–H groups in total. The highest BCUT2D eigenvalue weighted by atomic mass is 16.3. The molecule has 0 atom stereocenters. The van der Waals surface area contributed by atoms with Crippen LogP contribution in [0.3, 0.4) is 0 Å². The smallest absolute Gasteiger partial charge is 0.164 e. The van der Waals surface area contributed by atoms with Crippen LogP contribution in [0.5, 0.6) is 0 Å². The molecule has 12 rings (SSSR count). The van der Waals surface area contributed by atoms with Crippen LogP contribution in [0.25, 0.3) is 111 Å². The van der Waals surface area contributed by atoms with Gasteiger partial charge in [-0.3, -0.25) is 0 Å². The zero-order valence-corrected chi connectivity index (χ0v) is 30.5. The van der Waals surface area contributed by atoms with Gasteiger partial charge in [-0.25, -0.2) is 15.0 Å². The second kappa shape index (κ2) is 12.3. The van der Waals surface area contributed by atoms with Crippen LogP contribution in [0.4, 0.5) is 0 Å². The molecule has 0 radical (unpaired) electrons. The minimum Gasteiger partial charge on any atom is -0.456 e. The standard InChI is InChI=1S/C51H31N5O/c1-4-14-32(15-5-1)49-52-50(33-16-6-2-7-17-33)54-51(53-49)34-24-26-40-44(30-34)56(36-25-27-38-37-20-11-13-23-45(37)57-46(38)31-36)43-29-28-42-47(48(40)43)39-21-10-12-22-41(39)55(42)35-18-8-3-9-19-35/h1-31H. The zero-order chi connectivity index (χ0) is 37.5. The molecule has 266 valence electrons. The van der Waals surface area contributed by atoms with Gasteiger partial charge in [0, 0.05) is 66.4 Å². The van der Waals surface area contributed by atoms with Crippen LogP contribution in [-0.2, 0) is 0 Å². The van der Waals surface area contributed by atoms with Crippen molar-refractivity contribution in [3.63, 3.8) is 0 Å². The Bertz CT molecular complexity index is 3450. The molecular weight excluding hydrogens is 699 g/mol. The second-order valence-electron chi connectivity index (χ2n) is 14.4. The van der Waals surface area contributed by atoms with Crippen LogP contribution in [0.1, 0.15) is 0 Å². The predicted molar refractivity (Wildman–Crippen MR) is 232 cm³/mol. The van der Waals surface area contributed by atoms with Crippen LogP contribution >= 0.6 is 0 Å². The van der Waals surface area contributed by atoms with E-state index in [1.165, 1.54) is 21.7 Å². The average molecular weight is 730 g/mol.